The molecule has 18 heavy (non-hydrogen) atoms. The Morgan fingerprint density at radius 2 is 1.50 bits per heavy atom. The Balaban J connectivity index is 0.000000243. The summed E-state index contributed by atoms with van der Waals surface area (Å²) < 4.78 is 8.92. The summed E-state index contributed by atoms with van der Waals surface area (Å²) in [4.78, 5) is 23.4. The zero-order valence-corrected chi connectivity index (χ0v) is 10.8. The van der Waals surface area contributed by atoms with Crippen molar-refractivity contribution in [3.05, 3.63) is 30.6 Å². The van der Waals surface area contributed by atoms with Crippen LogP contribution in [0, 0.1) is 0 Å². The second-order valence-corrected chi connectivity index (χ2v) is 3.43. The molecule has 0 radical (unpaired) electrons. The van der Waals surface area contributed by atoms with E-state index in [1.54, 1.807) is 12.4 Å². The van der Waals surface area contributed by atoms with E-state index in [0.29, 0.717) is 0 Å². The number of hydrogen-bond acceptors (Lipinski definition) is 5. The van der Waals surface area contributed by atoms with E-state index in [2.05, 4.69) is 9.72 Å². The van der Waals surface area contributed by atoms with Crippen molar-refractivity contribution in [2.24, 2.45) is 0 Å². The molecule has 0 aromatic carbocycles. The number of hydrogen-bond donors (Lipinski definition) is 0. The molecule has 0 aliphatic carbocycles. The summed E-state index contributed by atoms with van der Waals surface area (Å²) in [5.74, 6) is -1.12. The smallest absolute Gasteiger partial charge is 0.310 e. The molecule has 5 heteroatoms. The van der Waals surface area contributed by atoms with Crippen molar-refractivity contribution in [2.45, 2.75) is 26.7 Å². The molecule has 1 saturated heterocycles. The highest BCUT2D eigenvalue weighted by Gasteiger charge is 1.95. The molecule has 0 N–H and O–H groups in total. The van der Waals surface area contributed by atoms with Crippen LogP contribution >= 0.6 is 0 Å². The summed E-state index contributed by atoms with van der Waals surface area (Å²) in [5, 5.41) is 0. The first-order valence-corrected chi connectivity index (χ1v) is 5.74. The Hall–Kier alpha value is -1.75. The Bertz CT molecular complexity index is 277. The van der Waals surface area contributed by atoms with Crippen LogP contribution in [0.3, 0.4) is 0 Å². The minimum Gasteiger partial charge on any atom is -0.394 e. The van der Waals surface area contributed by atoms with E-state index in [1.807, 2.05) is 18.2 Å². The fourth-order valence-corrected chi connectivity index (χ4v) is 1.03. The molecule has 5 nitrogen and oxygen atoms in total. The predicted octanol–water partition coefficient (Wildman–Crippen LogP) is 1.97. The first-order valence-electron chi connectivity index (χ1n) is 5.74. The fourth-order valence-electron chi connectivity index (χ4n) is 1.03. The second-order valence-electron chi connectivity index (χ2n) is 3.43. The summed E-state index contributed by atoms with van der Waals surface area (Å²) in [6.07, 6.45) is 6.06. The van der Waals surface area contributed by atoms with Crippen LogP contribution < -0.4 is 0 Å². The Morgan fingerprint density at radius 3 is 1.61 bits per heavy atom. The van der Waals surface area contributed by atoms with Gasteiger partial charge in [0.1, 0.15) is 0 Å². The minimum atomic E-state index is -0.562. The summed E-state index contributed by atoms with van der Waals surface area (Å²) in [6.45, 7) is 4.36. The van der Waals surface area contributed by atoms with Gasteiger partial charge in [0.15, 0.2) is 0 Å². The van der Waals surface area contributed by atoms with Crippen LogP contribution in [0.25, 0.3) is 0 Å². The Labute approximate surface area is 107 Å². The topological polar surface area (TPSA) is 65.5 Å². The van der Waals surface area contributed by atoms with Gasteiger partial charge in [0.2, 0.25) is 0 Å². The zero-order valence-electron chi connectivity index (χ0n) is 10.8. The third kappa shape index (κ3) is 14.2. The first-order chi connectivity index (χ1) is 8.63. The Kier molecular flexibility index (Phi) is 10.6. The highest BCUT2D eigenvalue weighted by Crippen LogP contribution is 1.98. The molecule has 0 spiro atoms. The number of esters is 2. The van der Waals surface area contributed by atoms with Crippen molar-refractivity contribution in [3.8, 4) is 0 Å². The highest BCUT2D eigenvalue weighted by atomic mass is 16.6. The van der Waals surface area contributed by atoms with E-state index in [4.69, 9.17) is 4.74 Å². The van der Waals surface area contributed by atoms with E-state index >= 15 is 0 Å². The number of ether oxygens (including phenoxy) is 2. The maximum absolute atomic E-state index is 9.81. The van der Waals surface area contributed by atoms with Gasteiger partial charge in [-0.2, -0.15) is 0 Å². The number of aromatic nitrogens is 1. The lowest BCUT2D eigenvalue weighted by Gasteiger charge is -1.87. The van der Waals surface area contributed by atoms with E-state index in [-0.39, 0.29) is 0 Å². The number of carbonyl (C=O) groups is 2. The van der Waals surface area contributed by atoms with Crippen molar-refractivity contribution in [3.63, 3.8) is 0 Å². The van der Waals surface area contributed by atoms with Crippen molar-refractivity contribution < 1.29 is 19.1 Å². The van der Waals surface area contributed by atoms with Gasteiger partial charge in [-0.25, -0.2) is 0 Å². The Morgan fingerprint density at radius 1 is 1.00 bits per heavy atom. The van der Waals surface area contributed by atoms with Gasteiger partial charge in [-0.15, -0.1) is 0 Å². The largest absolute Gasteiger partial charge is 0.394 e. The van der Waals surface area contributed by atoms with Crippen molar-refractivity contribution in [1.82, 2.24) is 4.98 Å². The molecular weight excluding hydrogens is 234 g/mol. The third-order valence-corrected chi connectivity index (χ3v) is 1.68. The fraction of sp³-hybridized carbons (Fsp3) is 0.462. The van der Waals surface area contributed by atoms with Gasteiger partial charge >= 0.3 is 11.9 Å². The minimum absolute atomic E-state index is 0.562. The molecule has 100 valence electrons. The number of carbonyl (C=O) groups excluding carboxylic acids is 2. The predicted molar refractivity (Wildman–Crippen MR) is 66.7 cm³/mol. The van der Waals surface area contributed by atoms with Gasteiger partial charge in [0.05, 0.1) is 0 Å². The lowest BCUT2D eigenvalue weighted by atomic mass is 10.4. The van der Waals surface area contributed by atoms with Crippen molar-refractivity contribution >= 4 is 11.9 Å². The number of pyridine rings is 1. The monoisotopic (exact) mass is 253 g/mol. The maximum Gasteiger partial charge on any atom is 0.310 e. The van der Waals surface area contributed by atoms with Gasteiger partial charge in [0, 0.05) is 39.5 Å². The van der Waals surface area contributed by atoms with Gasteiger partial charge in [0.25, 0.3) is 0 Å². The van der Waals surface area contributed by atoms with Crippen LogP contribution in [0.4, 0.5) is 0 Å². The van der Waals surface area contributed by atoms with Gasteiger partial charge in [-0.1, -0.05) is 6.07 Å². The average molecular weight is 253 g/mol. The lowest BCUT2D eigenvalue weighted by molar-refractivity contribution is -0.156. The molecule has 1 aromatic heterocycles. The maximum atomic E-state index is 9.81. The number of nitrogens with zero attached hydrogens (tertiary/aromatic N) is 1. The average Bonchev–Trinajstić information content (AvgIpc) is 2.89. The summed E-state index contributed by atoms with van der Waals surface area (Å²) in [6, 6.07) is 5.72. The first kappa shape index (κ1) is 16.2. The van der Waals surface area contributed by atoms with Crippen LogP contribution in [-0.4, -0.2) is 30.1 Å². The molecule has 0 atom stereocenters. The van der Waals surface area contributed by atoms with Gasteiger partial charge in [-0.3, -0.25) is 14.6 Å². The normalized spacial score (nSPS) is 12.3. The van der Waals surface area contributed by atoms with Crippen molar-refractivity contribution in [1.29, 1.82) is 0 Å². The quantitative estimate of drug-likeness (QED) is 0.522. The van der Waals surface area contributed by atoms with Crippen LogP contribution in [0.2, 0.25) is 0 Å². The third-order valence-electron chi connectivity index (χ3n) is 1.68. The zero-order chi connectivity index (χ0) is 13.6. The standard InChI is InChI=1S/C5H5N.C4H6O3.C4H8O/c1-2-4-6-5-3-1;1-3(5)7-4(2)6;1-2-4-5-3-1/h1-5H;1-2H3;1-4H2. The summed E-state index contributed by atoms with van der Waals surface area (Å²) in [7, 11) is 0. The molecule has 2 rings (SSSR count). The van der Waals surface area contributed by atoms with Crippen molar-refractivity contribution in [2.75, 3.05) is 13.2 Å². The second kappa shape index (κ2) is 11.7. The summed E-state index contributed by atoms with van der Waals surface area (Å²) >= 11 is 0. The van der Waals surface area contributed by atoms with E-state index in [1.165, 1.54) is 26.7 Å². The molecular formula is C13H19NO4. The lowest BCUT2D eigenvalue weighted by Crippen LogP contribution is -2.03. The number of rotatable bonds is 0. The molecule has 1 aromatic rings. The van der Waals surface area contributed by atoms with Crippen LogP contribution in [0.1, 0.15) is 26.7 Å². The summed E-state index contributed by atoms with van der Waals surface area (Å²) in [5.41, 5.74) is 0. The van der Waals surface area contributed by atoms with E-state index in [9.17, 15) is 9.59 Å². The van der Waals surface area contributed by atoms with Gasteiger partial charge in [-0.05, 0) is 25.0 Å². The highest BCUT2D eigenvalue weighted by molar-refractivity contribution is 5.82. The van der Waals surface area contributed by atoms with Crippen LogP contribution in [-0.2, 0) is 19.1 Å². The SMILES string of the molecule is C1CCOC1.CC(=O)OC(C)=O.c1ccncc1. The molecule has 2 heterocycles. The molecule has 0 saturated carbocycles. The molecule has 1 aliphatic heterocycles. The molecule has 1 aliphatic rings. The van der Waals surface area contributed by atoms with E-state index < -0.39 is 11.9 Å². The molecule has 0 amide bonds. The van der Waals surface area contributed by atoms with E-state index in [0.717, 1.165) is 13.2 Å². The molecule has 1 fully saturated rings. The van der Waals surface area contributed by atoms with Crippen LogP contribution in [0.5, 0.6) is 0 Å². The molecule has 0 bridgehead atoms. The van der Waals surface area contributed by atoms with Gasteiger partial charge < -0.3 is 9.47 Å². The molecule has 0 unspecified atom stereocenters. The van der Waals surface area contributed by atoms with Crippen LogP contribution in [0.15, 0.2) is 30.6 Å².